The van der Waals surface area contributed by atoms with Gasteiger partial charge in [-0.2, -0.15) is 0 Å². The van der Waals surface area contributed by atoms with E-state index in [9.17, 15) is 0 Å². The average Bonchev–Trinajstić information content (AvgIpc) is 2.45. The zero-order chi connectivity index (χ0) is 14.8. The lowest BCUT2D eigenvalue weighted by molar-refractivity contribution is 0.222. The summed E-state index contributed by atoms with van der Waals surface area (Å²) in [5.41, 5.74) is 6.86. The van der Waals surface area contributed by atoms with Crippen LogP contribution in [0.2, 0.25) is 0 Å². The Morgan fingerprint density at radius 2 is 2.10 bits per heavy atom. The molecule has 3 N–H and O–H groups in total. The molecule has 1 heterocycles. The van der Waals surface area contributed by atoms with Gasteiger partial charge in [0.1, 0.15) is 5.82 Å². The Kier molecular flexibility index (Phi) is 4.16. The van der Waals surface area contributed by atoms with Gasteiger partial charge in [0.25, 0.3) is 0 Å². The van der Waals surface area contributed by atoms with Crippen molar-refractivity contribution in [1.82, 2.24) is 4.98 Å². The molecular weight excluding hydrogens is 252 g/mol. The SMILES string of the molecule is CN(c1ncccc1/C(N)=N/O)C1CCC(C)(C)CC1. The molecule has 0 radical (unpaired) electrons. The van der Waals surface area contributed by atoms with Crippen molar-refractivity contribution < 1.29 is 5.21 Å². The molecule has 5 nitrogen and oxygen atoms in total. The molecule has 1 fully saturated rings. The monoisotopic (exact) mass is 276 g/mol. The fourth-order valence-electron chi connectivity index (χ4n) is 2.88. The quantitative estimate of drug-likeness (QED) is 0.385. The highest BCUT2D eigenvalue weighted by molar-refractivity contribution is 6.01. The number of nitrogens with two attached hydrogens (primary N) is 1. The maximum Gasteiger partial charge on any atom is 0.173 e. The van der Waals surface area contributed by atoms with Crippen LogP contribution in [0.15, 0.2) is 23.5 Å². The normalized spacial score (nSPS) is 19.9. The zero-order valence-electron chi connectivity index (χ0n) is 12.5. The molecule has 1 aromatic rings. The Bertz CT molecular complexity index is 488. The molecule has 1 aliphatic carbocycles. The summed E-state index contributed by atoms with van der Waals surface area (Å²) in [7, 11) is 2.04. The molecule has 0 amide bonds. The second-order valence-electron chi connectivity index (χ2n) is 6.37. The molecule has 0 unspecified atom stereocenters. The Balaban J connectivity index is 2.20. The molecule has 20 heavy (non-hydrogen) atoms. The van der Waals surface area contributed by atoms with Gasteiger partial charge in [-0.25, -0.2) is 4.98 Å². The van der Waals surface area contributed by atoms with Gasteiger partial charge < -0.3 is 15.8 Å². The molecule has 1 saturated carbocycles. The van der Waals surface area contributed by atoms with Crippen LogP contribution in [0.1, 0.15) is 45.1 Å². The van der Waals surface area contributed by atoms with Crippen LogP contribution in [0.4, 0.5) is 5.82 Å². The lowest BCUT2D eigenvalue weighted by atomic mass is 9.75. The smallest absolute Gasteiger partial charge is 0.173 e. The van der Waals surface area contributed by atoms with Gasteiger partial charge in [-0.05, 0) is 43.2 Å². The molecule has 1 aromatic heterocycles. The Morgan fingerprint density at radius 1 is 1.45 bits per heavy atom. The van der Waals surface area contributed by atoms with Crippen molar-refractivity contribution in [1.29, 1.82) is 0 Å². The van der Waals surface area contributed by atoms with Crippen LogP contribution >= 0.6 is 0 Å². The fraction of sp³-hybridized carbons (Fsp3) is 0.600. The molecule has 0 bridgehead atoms. The van der Waals surface area contributed by atoms with Gasteiger partial charge in [-0.1, -0.05) is 19.0 Å². The molecule has 0 atom stereocenters. The van der Waals surface area contributed by atoms with Crippen LogP contribution in [0.25, 0.3) is 0 Å². The summed E-state index contributed by atoms with van der Waals surface area (Å²) in [5.74, 6) is 0.892. The summed E-state index contributed by atoms with van der Waals surface area (Å²) in [6.45, 7) is 4.65. The van der Waals surface area contributed by atoms with E-state index in [1.165, 1.54) is 12.8 Å². The molecule has 1 aliphatic rings. The van der Waals surface area contributed by atoms with Crippen LogP contribution < -0.4 is 10.6 Å². The highest BCUT2D eigenvalue weighted by atomic mass is 16.4. The van der Waals surface area contributed by atoms with Crippen molar-refractivity contribution >= 4 is 11.7 Å². The van der Waals surface area contributed by atoms with E-state index in [1.807, 2.05) is 13.1 Å². The van der Waals surface area contributed by atoms with E-state index in [0.29, 0.717) is 17.0 Å². The van der Waals surface area contributed by atoms with Crippen molar-refractivity contribution in [2.24, 2.45) is 16.3 Å². The standard InChI is InChI=1S/C15H24N4O/c1-15(2)8-6-11(7-9-15)19(3)14-12(13(16)18-20)5-4-10-17-14/h4-5,10-11,20H,6-9H2,1-3H3,(H2,16,18). The Labute approximate surface area is 120 Å². The van der Waals surface area contributed by atoms with Crippen LogP contribution in [0, 0.1) is 5.41 Å². The highest BCUT2D eigenvalue weighted by Crippen LogP contribution is 2.37. The first-order valence-corrected chi connectivity index (χ1v) is 7.10. The third-order valence-corrected chi connectivity index (χ3v) is 4.36. The summed E-state index contributed by atoms with van der Waals surface area (Å²) in [5, 5.41) is 12.0. The summed E-state index contributed by atoms with van der Waals surface area (Å²) in [6, 6.07) is 4.10. The molecule has 0 aromatic carbocycles. The van der Waals surface area contributed by atoms with Crippen LogP contribution in [-0.2, 0) is 0 Å². The lowest BCUT2D eigenvalue weighted by Crippen LogP contribution is -2.38. The second-order valence-corrected chi connectivity index (χ2v) is 6.37. The predicted molar refractivity (Wildman–Crippen MR) is 81.2 cm³/mol. The Hall–Kier alpha value is -1.78. The minimum absolute atomic E-state index is 0.107. The summed E-state index contributed by atoms with van der Waals surface area (Å²) < 4.78 is 0. The van der Waals surface area contributed by atoms with E-state index in [0.717, 1.165) is 18.7 Å². The van der Waals surface area contributed by atoms with Crippen LogP contribution in [-0.4, -0.2) is 29.1 Å². The van der Waals surface area contributed by atoms with Gasteiger partial charge in [-0.15, -0.1) is 0 Å². The number of hydrogen-bond donors (Lipinski definition) is 2. The number of nitrogens with zero attached hydrogens (tertiary/aromatic N) is 3. The minimum Gasteiger partial charge on any atom is -0.409 e. The molecule has 0 spiro atoms. The van der Waals surface area contributed by atoms with Crippen molar-refractivity contribution in [3.63, 3.8) is 0 Å². The largest absolute Gasteiger partial charge is 0.409 e. The summed E-state index contributed by atoms with van der Waals surface area (Å²) in [6.07, 6.45) is 6.47. The van der Waals surface area contributed by atoms with Gasteiger partial charge >= 0.3 is 0 Å². The zero-order valence-corrected chi connectivity index (χ0v) is 12.5. The third-order valence-electron chi connectivity index (χ3n) is 4.36. The van der Waals surface area contributed by atoms with E-state index in [1.54, 1.807) is 12.3 Å². The van der Waals surface area contributed by atoms with Crippen LogP contribution in [0.5, 0.6) is 0 Å². The molecule has 0 saturated heterocycles. The highest BCUT2D eigenvalue weighted by Gasteiger charge is 2.30. The number of amidine groups is 1. The second kappa shape index (κ2) is 5.69. The van der Waals surface area contributed by atoms with Crippen molar-refractivity contribution in [3.8, 4) is 0 Å². The molecular formula is C15H24N4O. The van der Waals surface area contributed by atoms with E-state index in [4.69, 9.17) is 10.9 Å². The molecule has 110 valence electrons. The number of pyridine rings is 1. The fourth-order valence-corrected chi connectivity index (χ4v) is 2.88. The van der Waals surface area contributed by atoms with Gasteiger partial charge in [0.05, 0.1) is 5.56 Å². The van der Waals surface area contributed by atoms with E-state index in [-0.39, 0.29) is 5.84 Å². The van der Waals surface area contributed by atoms with Crippen molar-refractivity contribution in [2.45, 2.75) is 45.6 Å². The van der Waals surface area contributed by atoms with E-state index in [2.05, 4.69) is 28.9 Å². The predicted octanol–water partition coefficient (Wildman–Crippen LogP) is 2.58. The number of anilines is 1. The molecule has 5 heteroatoms. The topological polar surface area (TPSA) is 74.7 Å². The summed E-state index contributed by atoms with van der Waals surface area (Å²) in [4.78, 5) is 6.58. The number of hydrogen-bond acceptors (Lipinski definition) is 4. The van der Waals surface area contributed by atoms with Gasteiger partial charge in [0, 0.05) is 19.3 Å². The molecule has 2 rings (SSSR count). The van der Waals surface area contributed by atoms with Gasteiger partial charge in [0.2, 0.25) is 0 Å². The first-order valence-electron chi connectivity index (χ1n) is 7.10. The Morgan fingerprint density at radius 3 is 2.70 bits per heavy atom. The average molecular weight is 276 g/mol. The number of rotatable bonds is 3. The number of aromatic nitrogens is 1. The first-order chi connectivity index (χ1) is 9.44. The maximum absolute atomic E-state index is 8.89. The van der Waals surface area contributed by atoms with Gasteiger partial charge in [0.15, 0.2) is 5.84 Å². The maximum atomic E-state index is 8.89. The summed E-state index contributed by atoms with van der Waals surface area (Å²) >= 11 is 0. The lowest BCUT2D eigenvalue weighted by Gasteiger charge is -2.39. The number of oxime groups is 1. The minimum atomic E-state index is 0.107. The van der Waals surface area contributed by atoms with Crippen LogP contribution in [0.3, 0.4) is 0 Å². The van der Waals surface area contributed by atoms with E-state index < -0.39 is 0 Å². The van der Waals surface area contributed by atoms with Crippen molar-refractivity contribution in [3.05, 3.63) is 23.9 Å². The van der Waals surface area contributed by atoms with Gasteiger partial charge in [-0.3, -0.25) is 0 Å². The van der Waals surface area contributed by atoms with Crippen molar-refractivity contribution in [2.75, 3.05) is 11.9 Å². The van der Waals surface area contributed by atoms with E-state index >= 15 is 0 Å². The third kappa shape index (κ3) is 3.03. The molecule has 0 aliphatic heterocycles. The first kappa shape index (κ1) is 14.6.